The van der Waals surface area contributed by atoms with Gasteiger partial charge in [0.2, 0.25) is 0 Å². The fourth-order valence-electron chi connectivity index (χ4n) is 3.00. The molecule has 23 heavy (non-hydrogen) atoms. The third-order valence-corrected chi connectivity index (χ3v) is 4.33. The van der Waals surface area contributed by atoms with Crippen molar-refractivity contribution >= 4 is 5.91 Å². The highest BCUT2D eigenvalue weighted by molar-refractivity contribution is 5.95. The molecular formula is C19H23NO3. The van der Waals surface area contributed by atoms with Crippen LogP contribution in [0.15, 0.2) is 47.1 Å². The van der Waals surface area contributed by atoms with Crippen molar-refractivity contribution in [3.05, 3.63) is 59.5 Å². The van der Waals surface area contributed by atoms with Gasteiger partial charge < -0.3 is 14.1 Å². The molecule has 1 amide bonds. The molecule has 1 aromatic carbocycles. The van der Waals surface area contributed by atoms with E-state index in [2.05, 4.69) is 24.3 Å². The van der Waals surface area contributed by atoms with Gasteiger partial charge >= 0.3 is 0 Å². The predicted molar refractivity (Wildman–Crippen MR) is 88.5 cm³/mol. The first-order valence-electron chi connectivity index (χ1n) is 8.23. The molecular weight excluding hydrogens is 290 g/mol. The van der Waals surface area contributed by atoms with Crippen molar-refractivity contribution in [1.82, 2.24) is 4.90 Å². The Kier molecular flexibility index (Phi) is 5.13. The monoisotopic (exact) mass is 313 g/mol. The molecule has 1 aliphatic heterocycles. The standard InChI is InChI=1S/C19H23NO3/c1-15-18(10-13-22-15)19(21)20-11-9-17(14-20)23-12-5-8-16-6-3-2-4-7-16/h2-4,6-7,10,13,17H,5,8-9,11-12,14H2,1H3/t17-/m1/s1. The number of carbonyl (C=O) groups is 1. The minimum Gasteiger partial charge on any atom is -0.469 e. The van der Waals surface area contributed by atoms with Gasteiger partial charge in [0.1, 0.15) is 5.76 Å². The summed E-state index contributed by atoms with van der Waals surface area (Å²) in [5.41, 5.74) is 2.00. The van der Waals surface area contributed by atoms with Crippen LogP contribution in [-0.4, -0.2) is 36.6 Å². The van der Waals surface area contributed by atoms with E-state index in [4.69, 9.17) is 9.15 Å². The van der Waals surface area contributed by atoms with E-state index in [-0.39, 0.29) is 12.0 Å². The third kappa shape index (κ3) is 4.02. The van der Waals surface area contributed by atoms with E-state index in [1.54, 1.807) is 12.3 Å². The number of rotatable bonds is 6. The van der Waals surface area contributed by atoms with Gasteiger partial charge in [0.05, 0.1) is 17.9 Å². The number of hydrogen-bond donors (Lipinski definition) is 0. The zero-order valence-electron chi connectivity index (χ0n) is 13.5. The van der Waals surface area contributed by atoms with Gasteiger partial charge in [0, 0.05) is 19.7 Å². The highest BCUT2D eigenvalue weighted by Gasteiger charge is 2.28. The van der Waals surface area contributed by atoms with E-state index in [0.29, 0.717) is 17.9 Å². The second-order valence-electron chi connectivity index (χ2n) is 6.01. The molecule has 4 heteroatoms. The Morgan fingerprint density at radius 1 is 1.30 bits per heavy atom. The number of benzene rings is 1. The second kappa shape index (κ2) is 7.47. The molecule has 0 radical (unpaired) electrons. The van der Waals surface area contributed by atoms with Crippen LogP contribution in [0.3, 0.4) is 0 Å². The highest BCUT2D eigenvalue weighted by atomic mass is 16.5. The second-order valence-corrected chi connectivity index (χ2v) is 6.01. The van der Waals surface area contributed by atoms with Crippen LogP contribution < -0.4 is 0 Å². The van der Waals surface area contributed by atoms with Crippen LogP contribution in [0.4, 0.5) is 0 Å². The van der Waals surface area contributed by atoms with Gasteiger partial charge in [-0.05, 0) is 37.8 Å². The zero-order valence-corrected chi connectivity index (χ0v) is 13.5. The summed E-state index contributed by atoms with van der Waals surface area (Å²) in [6, 6.07) is 12.2. The minimum absolute atomic E-state index is 0.0478. The molecule has 0 aliphatic carbocycles. The van der Waals surface area contributed by atoms with Gasteiger partial charge in [-0.15, -0.1) is 0 Å². The molecule has 122 valence electrons. The fourth-order valence-corrected chi connectivity index (χ4v) is 3.00. The van der Waals surface area contributed by atoms with Gasteiger partial charge in [-0.25, -0.2) is 0 Å². The number of furan rings is 1. The Labute approximate surface area is 137 Å². The zero-order chi connectivity index (χ0) is 16.1. The van der Waals surface area contributed by atoms with E-state index in [1.807, 2.05) is 17.9 Å². The lowest BCUT2D eigenvalue weighted by molar-refractivity contribution is 0.0524. The quantitative estimate of drug-likeness (QED) is 0.767. The summed E-state index contributed by atoms with van der Waals surface area (Å²) in [6.07, 6.45) is 4.67. The topological polar surface area (TPSA) is 42.7 Å². The normalized spacial score (nSPS) is 17.6. The molecule has 1 aliphatic rings. The van der Waals surface area contributed by atoms with Gasteiger partial charge in [0.25, 0.3) is 5.91 Å². The van der Waals surface area contributed by atoms with Crippen molar-refractivity contribution < 1.29 is 13.9 Å². The third-order valence-electron chi connectivity index (χ3n) is 4.33. The average Bonchev–Trinajstić information content (AvgIpc) is 3.21. The van der Waals surface area contributed by atoms with Crippen molar-refractivity contribution in [2.45, 2.75) is 32.3 Å². The Balaban J connectivity index is 1.40. The van der Waals surface area contributed by atoms with Crippen molar-refractivity contribution in [2.75, 3.05) is 19.7 Å². The molecule has 2 aromatic rings. The number of aryl methyl sites for hydroxylation is 2. The number of ether oxygens (including phenoxy) is 1. The molecule has 1 atom stereocenters. The molecule has 1 fully saturated rings. The Bertz CT molecular complexity index is 635. The molecule has 0 saturated carbocycles. The lowest BCUT2D eigenvalue weighted by Crippen LogP contribution is -2.30. The van der Waals surface area contributed by atoms with Crippen molar-refractivity contribution in [3.63, 3.8) is 0 Å². The summed E-state index contributed by atoms with van der Waals surface area (Å²) in [7, 11) is 0. The van der Waals surface area contributed by atoms with Crippen molar-refractivity contribution in [2.24, 2.45) is 0 Å². The van der Waals surface area contributed by atoms with Crippen LogP contribution in [0, 0.1) is 6.92 Å². The Hall–Kier alpha value is -2.07. The van der Waals surface area contributed by atoms with Crippen LogP contribution in [0.5, 0.6) is 0 Å². The SMILES string of the molecule is Cc1occc1C(=O)N1CC[C@@H](OCCCc2ccccc2)C1. The maximum Gasteiger partial charge on any atom is 0.257 e. The first-order chi connectivity index (χ1) is 11.2. The fraction of sp³-hybridized carbons (Fsp3) is 0.421. The maximum atomic E-state index is 12.4. The summed E-state index contributed by atoms with van der Waals surface area (Å²) in [5, 5.41) is 0. The molecule has 0 spiro atoms. The van der Waals surface area contributed by atoms with Gasteiger partial charge in [-0.1, -0.05) is 30.3 Å². The minimum atomic E-state index is 0.0478. The van der Waals surface area contributed by atoms with Gasteiger partial charge in [-0.2, -0.15) is 0 Å². The molecule has 0 unspecified atom stereocenters. The molecule has 2 heterocycles. The first-order valence-corrected chi connectivity index (χ1v) is 8.23. The maximum absolute atomic E-state index is 12.4. The average molecular weight is 313 g/mol. The Morgan fingerprint density at radius 3 is 2.87 bits per heavy atom. The van der Waals surface area contributed by atoms with Crippen LogP contribution in [0.2, 0.25) is 0 Å². The van der Waals surface area contributed by atoms with Crippen LogP contribution >= 0.6 is 0 Å². The largest absolute Gasteiger partial charge is 0.469 e. The van der Waals surface area contributed by atoms with Crippen LogP contribution in [0.1, 0.15) is 34.5 Å². The van der Waals surface area contributed by atoms with Crippen molar-refractivity contribution in [3.8, 4) is 0 Å². The van der Waals surface area contributed by atoms with E-state index in [0.717, 1.165) is 32.4 Å². The van der Waals surface area contributed by atoms with Gasteiger partial charge in [0.15, 0.2) is 0 Å². The number of likely N-dealkylation sites (tertiary alicyclic amines) is 1. The molecule has 1 aromatic heterocycles. The van der Waals surface area contributed by atoms with Gasteiger partial charge in [-0.3, -0.25) is 4.79 Å². The molecule has 4 nitrogen and oxygen atoms in total. The summed E-state index contributed by atoms with van der Waals surface area (Å²) in [6.45, 7) is 3.99. The molecule has 0 bridgehead atoms. The first kappa shape index (κ1) is 15.8. The van der Waals surface area contributed by atoms with E-state index in [1.165, 1.54) is 5.56 Å². The smallest absolute Gasteiger partial charge is 0.257 e. The van der Waals surface area contributed by atoms with E-state index >= 15 is 0 Å². The van der Waals surface area contributed by atoms with Crippen LogP contribution in [-0.2, 0) is 11.2 Å². The number of carbonyl (C=O) groups excluding carboxylic acids is 1. The molecule has 3 rings (SSSR count). The molecule has 0 N–H and O–H groups in total. The van der Waals surface area contributed by atoms with E-state index < -0.39 is 0 Å². The summed E-state index contributed by atoms with van der Waals surface area (Å²) < 4.78 is 11.2. The van der Waals surface area contributed by atoms with Crippen LogP contribution in [0.25, 0.3) is 0 Å². The molecule has 1 saturated heterocycles. The number of hydrogen-bond acceptors (Lipinski definition) is 3. The summed E-state index contributed by atoms with van der Waals surface area (Å²) in [5.74, 6) is 0.730. The predicted octanol–water partition coefficient (Wildman–Crippen LogP) is 3.45. The lowest BCUT2D eigenvalue weighted by Gasteiger charge is -2.16. The van der Waals surface area contributed by atoms with Crippen molar-refractivity contribution in [1.29, 1.82) is 0 Å². The lowest BCUT2D eigenvalue weighted by atomic mass is 10.1. The number of nitrogens with zero attached hydrogens (tertiary/aromatic N) is 1. The number of amides is 1. The summed E-state index contributed by atoms with van der Waals surface area (Å²) in [4.78, 5) is 14.3. The summed E-state index contributed by atoms with van der Waals surface area (Å²) >= 11 is 0. The Morgan fingerprint density at radius 2 is 2.13 bits per heavy atom. The van der Waals surface area contributed by atoms with E-state index in [9.17, 15) is 4.79 Å². The highest BCUT2D eigenvalue weighted by Crippen LogP contribution is 2.19.